The molecule has 0 heterocycles. The molecule has 5 nitrogen and oxygen atoms in total. The van der Waals surface area contributed by atoms with Gasteiger partial charge in [0, 0.05) is 24.0 Å². The van der Waals surface area contributed by atoms with E-state index in [-0.39, 0.29) is 18.9 Å². The third-order valence-corrected chi connectivity index (χ3v) is 2.86. The van der Waals surface area contributed by atoms with Crippen LogP contribution in [0.4, 0.5) is 18.0 Å². The van der Waals surface area contributed by atoms with Crippen molar-refractivity contribution in [1.29, 1.82) is 0 Å². The van der Waals surface area contributed by atoms with Gasteiger partial charge in [-0.25, -0.2) is 4.79 Å². The maximum Gasteiger partial charge on any atom is 0.422 e. The predicted molar refractivity (Wildman–Crippen MR) is 76.0 cm³/mol. The minimum absolute atomic E-state index is 0.0604. The molecular formula is C13H14BrF3N2O3. The molecule has 2 amide bonds. The van der Waals surface area contributed by atoms with E-state index in [9.17, 15) is 22.8 Å². The maximum atomic E-state index is 11.8. The van der Waals surface area contributed by atoms with Crippen LogP contribution >= 0.6 is 15.9 Å². The Labute approximate surface area is 133 Å². The Bertz CT molecular complexity index is 523. The van der Waals surface area contributed by atoms with Crippen molar-refractivity contribution in [3.8, 4) is 0 Å². The number of nitrogens with one attached hydrogen (secondary N) is 2. The minimum atomic E-state index is -4.57. The van der Waals surface area contributed by atoms with Gasteiger partial charge in [0.05, 0.1) is 0 Å². The molecule has 0 atom stereocenters. The average Bonchev–Trinajstić information content (AvgIpc) is 2.42. The smallest absolute Gasteiger partial charge is 0.422 e. The average molecular weight is 383 g/mol. The molecule has 0 bridgehead atoms. The number of rotatable bonds is 6. The standard InChI is InChI=1S/C13H14BrF3N2O3/c14-10-3-1-2-9(6-10)7-19-11(20)4-5-18-12(21)22-8-13(15,16)17/h1-3,6H,4-5,7-8H2,(H,18,21)(H,19,20). The molecule has 22 heavy (non-hydrogen) atoms. The Morgan fingerprint density at radius 3 is 2.59 bits per heavy atom. The van der Waals surface area contributed by atoms with Crippen LogP contribution in [0, 0.1) is 0 Å². The predicted octanol–water partition coefficient (Wildman–Crippen LogP) is 2.74. The lowest BCUT2D eigenvalue weighted by atomic mass is 10.2. The fourth-order valence-electron chi connectivity index (χ4n) is 1.41. The van der Waals surface area contributed by atoms with Crippen LogP contribution in [0.1, 0.15) is 12.0 Å². The lowest BCUT2D eigenvalue weighted by Gasteiger charge is -2.09. The third kappa shape index (κ3) is 8.50. The van der Waals surface area contributed by atoms with Crippen molar-refractivity contribution in [1.82, 2.24) is 10.6 Å². The Balaban J connectivity index is 2.17. The Morgan fingerprint density at radius 2 is 1.95 bits per heavy atom. The number of alkyl halides is 3. The van der Waals surface area contributed by atoms with Gasteiger partial charge < -0.3 is 15.4 Å². The van der Waals surface area contributed by atoms with Gasteiger partial charge in [-0.1, -0.05) is 28.1 Å². The molecule has 0 unspecified atom stereocenters. The summed E-state index contributed by atoms with van der Waals surface area (Å²) in [6.07, 6.45) is -5.84. The molecule has 0 aliphatic rings. The summed E-state index contributed by atoms with van der Waals surface area (Å²) in [5, 5.41) is 4.69. The SMILES string of the molecule is O=C(CCNC(=O)OCC(F)(F)F)NCc1cccc(Br)c1. The van der Waals surface area contributed by atoms with Crippen LogP contribution in [0.3, 0.4) is 0 Å². The van der Waals surface area contributed by atoms with Gasteiger partial charge in [-0.3, -0.25) is 4.79 Å². The van der Waals surface area contributed by atoms with E-state index in [1.54, 1.807) is 0 Å². The molecule has 0 saturated carbocycles. The molecule has 1 aromatic carbocycles. The van der Waals surface area contributed by atoms with Crippen LogP contribution in [0.15, 0.2) is 28.7 Å². The summed E-state index contributed by atoms with van der Waals surface area (Å²) in [6, 6.07) is 7.34. The van der Waals surface area contributed by atoms with Crippen LogP contribution in [0.2, 0.25) is 0 Å². The topological polar surface area (TPSA) is 67.4 Å². The van der Waals surface area contributed by atoms with Gasteiger partial charge in [0.15, 0.2) is 6.61 Å². The van der Waals surface area contributed by atoms with Crippen LogP contribution in [0.25, 0.3) is 0 Å². The van der Waals surface area contributed by atoms with Gasteiger partial charge in [0.2, 0.25) is 5.91 Å². The molecule has 0 fully saturated rings. The van der Waals surface area contributed by atoms with E-state index < -0.39 is 18.9 Å². The zero-order valence-electron chi connectivity index (χ0n) is 11.4. The first-order valence-corrected chi connectivity index (χ1v) is 7.04. The molecule has 0 radical (unpaired) electrons. The molecule has 0 aromatic heterocycles. The highest BCUT2D eigenvalue weighted by atomic mass is 79.9. The minimum Gasteiger partial charge on any atom is -0.440 e. The van der Waals surface area contributed by atoms with E-state index in [1.165, 1.54) is 0 Å². The zero-order valence-corrected chi connectivity index (χ0v) is 13.0. The van der Waals surface area contributed by atoms with E-state index in [0.29, 0.717) is 6.54 Å². The highest BCUT2D eigenvalue weighted by Crippen LogP contribution is 2.14. The normalized spacial score (nSPS) is 10.9. The number of ether oxygens (including phenoxy) is 1. The number of halogens is 4. The second-order valence-electron chi connectivity index (χ2n) is 4.27. The first-order valence-electron chi connectivity index (χ1n) is 6.25. The molecule has 0 spiro atoms. The Hall–Kier alpha value is -1.77. The molecule has 122 valence electrons. The molecule has 9 heteroatoms. The maximum absolute atomic E-state index is 11.8. The lowest BCUT2D eigenvalue weighted by Crippen LogP contribution is -2.32. The number of hydrogen-bond acceptors (Lipinski definition) is 3. The van der Waals surface area contributed by atoms with E-state index in [4.69, 9.17) is 0 Å². The summed E-state index contributed by atoms with van der Waals surface area (Å²) in [6.45, 7) is -1.45. The van der Waals surface area contributed by atoms with Crippen molar-refractivity contribution in [3.05, 3.63) is 34.3 Å². The van der Waals surface area contributed by atoms with E-state index >= 15 is 0 Å². The van der Waals surface area contributed by atoms with E-state index in [0.717, 1.165) is 10.0 Å². The zero-order chi connectivity index (χ0) is 16.6. The highest BCUT2D eigenvalue weighted by Gasteiger charge is 2.29. The van der Waals surface area contributed by atoms with E-state index in [1.807, 2.05) is 24.3 Å². The number of alkyl carbamates (subject to hydrolysis) is 1. The van der Waals surface area contributed by atoms with Gasteiger partial charge >= 0.3 is 12.3 Å². The fraction of sp³-hybridized carbons (Fsp3) is 0.385. The molecule has 2 N–H and O–H groups in total. The van der Waals surface area contributed by atoms with Crippen molar-refractivity contribution in [3.63, 3.8) is 0 Å². The van der Waals surface area contributed by atoms with E-state index in [2.05, 4.69) is 31.3 Å². The molecule has 0 saturated heterocycles. The monoisotopic (exact) mass is 382 g/mol. The summed E-state index contributed by atoms with van der Waals surface area (Å²) in [5.74, 6) is -0.337. The second kappa shape index (κ2) is 8.62. The third-order valence-electron chi connectivity index (χ3n) is 2.37. The largest absolute Gasteiger partial charge is 0.440 e. The first-order chi connectivity index (χ1) is 10.3. The molecule has 0 aliphatic heterocycles. The van der Waals surface area contributed by atoms with Gasteiger partial charge in [-0.05, 0) is 17.7 Å². The molecule has 1 aromatic rings. The number of amides is 2. The fourth-order valence-corrected chi connectivity index (χ4v) is 1.86. The van der Waals surface area contributed by atoms with Crippen molar-refractivity contribution >= 4 is 27.9 Å². The molecular weight excluding hydrogens is 369 g/mol. The van der Waals surface area contributed by atoms with Crippen molar-refractivity contribution in [2.24, 2.45) is 0 Å². The van der Waals surface area contributed by atoms with Crippen molar-refractivity contribution < 1.29 is 27.5 Å². The highest BCUT2D eigenvalue weighted by molar-refractivity contribution is 9.10. The number of hydrogen-bond donors (Lipinski definition) is 2. The lowest BCUT2D eigenvalue weighted by molar-refractivity contribution is -0.160. The summed E-state index contributed by atoms with van der Waals surface area (Å²) >= 11 is 3.30. The summed E-state index contributed by atoms with van der Waals surface area (Å²) in [4.78, 5) is 22.4. The van der Waals surface area contributed by atoms with Gasteiger partial charge in [0.1, 0.15) is 0 Å². The molecule has 0 aliphatic carbocycles. The number of carbonyl (C=O) groups excluding carboxylic acids is 2. The van der Waals surface area contributed by atoms with Gasteiger partial charge in [-0.15, -0.1) is 0 Å². The first kappa shape index (κ1) is 18.3. The second-order valence-corrected chi connectivity index (χ2v) is 5.19. The van der Waals surface area contributed by atoms with Crippen LogP contribution in [0.5, 0.6) is 0 Å². The summed E-state index contributed by atoms with van der Waals surface area (Å²) in [7, 11) is 0. The number of carbonyl (C=O) groups is 2. The quantitative estimate of drug-likeness (QED) is 0.794. The van der Waals surface area contributed by atoms with Crippen LogP contribution in [-0.4, -0.2) is 31.3 Å². The van der Waals surface area contributed by atoms with Crippen molar-refractivity contribution in [2.75, 3.05) is 13.2 Å². The van der Waals surface area contributed by atoms with Crippen molar-refractivity contribution in [2.45, 2.75) is 19.1 Å². The van der Waals surface area contributed by atoms with Gasteiger partial charge in [-0.2, -0.15) is 13.2 Å². The summed E-state index contributed by atoms with van der Waals surface area (Å²) in [5.41, 5.74) is 0.889. The summed E-state index contributed by atoms with van der Waals surface area (Å²) < 4.78 is 40.2. The van der Waals surface area contributed by atoms with Crippen LogP contribution < -0.4 is 10.6 Å². The Morgan fingerprint density at radius 1 is 1.23 bits per heavy atom. The number of benzene rings is 1. The van der Waals surface area contributed by atoms with Gasteiger partial charge in [0.25, 0.3) is 0 Å². The van der Waals surface area contributed by atoms with Crippen LogP contribution in [-0.2, 0) is 16.1 Å². The Kier molecular flexibility index (Phi) is 7.16. The molecule has 1 rings (SSSR count).